The molecule has 0 aromatic heterocycles. The molecule has 0 amide bonds. The molecule has 14 heavy (non-hydrogen) atoms. The van der Waals surface area contributed by atoms with Crippen LogP contribution in [0, 0.1) is 0 Å². The van der Waals surface area contributed by atoms with Crippen LogP contribution in [0.5, 0.6) is 5.75 Å². The van der Waals surface area contributed by atoms with Crippen molar-refractivity contribution >= 4 is 22.2 Å². The predicted octanol–water partition coefficient (Wildman–Crippen LogP) is 2.69. The average Bonchev–Trinajstić information content (AvgIpc) is 2.99. The molecule has 1 aromatic rings. The highest BCUT2D eigenvalue weighted by Crippen LogP contribution is 2.50. The summed E-state index contributed by atoms with van der Waals surface area (Å²) in [6, 6.07) is 5.78. The Labute approximate surface area is 91.4 Å². The van der Waals surface area contributed by atoms with E-state index in [4.69, 9.17) is 4.74 Å². The third-order valence-corrected chi connectivity index (χ3v) is 3.55. The van der Waals surface area contributed by atoms with E-state index < -0.39 is 0 Å². The summed E-state index contributed by atoms with van der Waals surface area (Å²) in [4.78, 5) is 11.0. The van der Waals surface area contributed by atoms with Crippen molar-refractivity contribution in [3.05, 3.63) is 28.2 Å². The molecule has 1 saturated carbocycles. The SMILES string of the molecule is COc1cccc(C2(C=O)CC2)c1Br. The molecule has 2 nitrogen and oxygen atoms in total. The van der Waals surface area contributed by atoms with E-state index >= 15 is 0 Å². The Balaban J connectivity index is 2.48. The zero-order valence-electron chi connectivity index (χ0n) is 7.92. The Hall–Kier alpha value is -0.830. The van der Waals surface area contributed by atoms with Gasteiger partial charge in [-0.1, -0.05) is 12.1 Å². The van der Waals surface area contributed by atoms with Crippen LogP contribution < -0.4 is 4.74 Å². The van der Waals surface area contributed by atoms with Gasteiger partial charge in [-0.05, 0) is 40.4 Å². The van der Waals surface area contributed by atoms with E-state index in [1.165, 1.54) is 0 Å². The van der Waals surface area contributed by atoms with E-state index in [2.05, 4.69) is 15.9 Å². The third kappa shape index (κ3) is 1.36. The maximum absolute atomic E-state index is 11.0. The molecule has 1 aliphatic carbocycles. The van der Waals surface area contributed by atoms with Gasteiger partial charge < -0.3 is 9.53 Å². The van der Waals surface area contributed by atoms with Crippen LogP contribution in [0.2, 0.25) is 0 Å². The van der Waals surface area contributed by atoms with Crippen molar-refractivity contribution in [3.63, 3.8) is 0 Å². The van der Waals surface area contributed by atoms with Crippen LogP contribution in [-0.4, -0.2) is 13.4 Å². The molecule has 0 unspecified atom stereocenters. The quantitative estimate of drug-likeness (QED) is 0.776. The number of carbonyl (C=O) groups excluding carboxylic acids is 1. The Bertz CT molecular complexity index is 370. The molecule has 74 valence electrons. The second-order valence-corrected chi connectivity index (χ2v) is 4.39. The Morgan fingerprint density at radius 2 is 2.21 bits per heavy atom. The number of hydrogen-bond donors (Lipinski definition) is 0. The zero-order valence-corrected chi connectivity index (χ0v) is 9.50. The van der Waals surface area contributed by atoms with E-state index in [1.54, 1.807) is 7.11 Å². The van der Waals surface area contributed by atoms with Gasteiger partial charge in [0.05, 0.1) is 17.0 Å². The highest BCUT2D eigenvalue weighted by atomic mass is 79.9. The highest BCUT2D eigenvalue weighted by molar-refractivity contribution is 9.10. The number of halogens is 1. The van der Waals surface area contributed by atoms with E-state index in [0.717, 1.165) is 34.9 Å². The predicted molar refractivity (Wildman–Crippen MR) is 57.7 cm³/mol. The monoisotopic (exact) mass is 254 g/mol. The van der Waals surface area contributed by atoms with Crippen LogP contribution in [0.15, 0.2) is 22.7 Å². The normalized spacial score (nSPS) is 17.6. The first-order valence-electron chi connectivity index (χ1n) is 4.53. The molecule has 0 atom stereocenters. The van der Waals surface area contributed by atoms with Crippen LogP contribution in [0.25, 0.3) is 0 Å². The summed E-state index contributed by atoms with van der Waals surface area (Å²) in [5, 5.41) is 0. The molecule has 1 aromatic carbocycles. The fourth-order valence-corrected chi connectivity index (χ4v) is 2.46. The first-order valence-corrected chi connectivity index (χ1v) is 5.32. The minimum absolute atomic E-state index is 0.243. The number of rotatable bonds is 3. The summed E-state index contributed by atoms with van der Waals surface area (Å²) in [5.74, 6) is 0.788. The number of methoxy groups -OCH3 is 1. The third-order valence-electron chi connectivity index (χ3n) is 2.73. The fraction of sp³-hybridized carbons (Fsp3) is 0.364. The Kier molecular flexibility index (Phi) is 2.35. The number of carbonyl (C=O) groups is 1. The van der Waals surface area contributed by atoms with Crippen LogP contribution in [0.3, 0.4) is 0 Å². The molecular formula is C11H11BrO2. The fourth-order valence-electron chi connectivity index (χ4n) is 1.64. The van der Waals surface area contributed by atoms with Crippen molar-refractivity contribution in [3.8, 4) is 5.75 Å². The first-order chi connectivity index (χ1) is 6.73. The molecule has 0 spiro atoms. The highest BCUT2D eigenvalue weighted by Gasteiger charge is 2.45. The number of ether oxygens (including phenoxy) is 1. The number of aldehydes is 1. The van der Waals surface area contributed by atoms with Gasteiger partial charge in [0.1, 0.15) is 12.0 Å². The molecule has 1 aliphatic rings. The lowest BCUT2D eigenvalue weighted by molar-refractivity contribution is -0.109. The van der Waals surface area contributed by atoms with Crippen molar-refractivity contribution in [1.82, 2.24) is 0 Å². The molecule has 0 N–H and O–H groups in total. The topological polar surface area (TPSA) is 26.3 Å². The second kappa shape index (κ2) is 3.39. The number of benzene rings is 1. The van der Waals surface area contributed by atoms with E-state index in [-0.39, 0.29) is 5.41 Å². The van der Waals surface area contributed by atoms with Gasteiger partial charge in [-0.2, -0.15) is 0 Å². The summed E-state index contributed by atoms with van der Waals surface area (Å²) in [6.07, 6.45) is 2.94. The lowest BCUT2D eigenvalue weighted by atomic mass is 9.98. The standard InChI is InChI=1S/C11H11BrO2/c1-14-9-4-2-3-8(10(9)12)11(7-13)5-6-11/h2-4,7H,5-6H2,1H3. The van der Waals surface area contributed by atoms with Gasteiger partial charge >= 0.3 is 0 Å². The lowest BCUT2D eigenvalue weighted by Gasteiger charge is -2.12. The summed E-state index contributed by atoms with van der Waals surface area (Å²) in [6.45, 7) is 0. The van der Waals surface area contributed by atoms with Gasteiger partial charge in [0.25, 0.3) is 0 Å². The van der Waals surface area contributed by atoms with Crippen LogP contribution in [0.1, 0.15) is 18.4 Å². The molecular weight excluding hydrogens is 244 g/mol. The smallest absolute Gasteiger partial charge is 0.133 e. The average molecular weight is 255 g/mol. The summed E-state index contributed by atoms with van der Waals surface area (Å²) in [5.41, 5.74) is 0.805. The first kappa shape index (κ1) is 9.71. The summed E-state index contributed by atoms with van der Waals surface area (Å²) in [7, 11) is 1.63. The van der Waals surface area contributed by atoms with Gasteiger partial charge in [0.2, 0.25) is 0 Å². The van der Waals surface area contributed by atoms with Gasteiger partial charge in [0.15, 0.2) is 0 Å². The van der Waals surface area contributed by atoms with Gasteiger partial charge in [-0.25, -0.2) is 0 Å². The Morgan fingerprint density at radius 3 is 2.71 bits per heavy atom. The maximum Gasteiger partial charge on any atom is 0.133 e. The molecule has 3 heteroatoms. The molecule has 2 rings (SSSR count). The molecule has 0 bridgehead atoms. The van der Waals surface area contributed by atoms with Crippen molar-refractivity contribution in [2.45, 2.75) is 18.3 Å². The minimum Gasteiger partial charge on any atom is -0.496 e. The van der Waals surface area contributed by atoms with Crippen LogP contribution >= 0.6 is 15.9 Å². The van der Waals surface area contributed by atoms with Crippen molar-refractivity contribution in [2.24, 2.45) is 0 Å². The van der Waals surface area contributed by atoms with E-state index in [9.17, 15) is 4.79 Å². The van der Waals surface area contributed by atoms with Crippen LogP contribution in [-0.2, 0) is 10.2 Å². The van der Waals surface area contributed by atoms with Crippen LogP contribution in [0.4, 0.5) is 0 Å². The molecule has 0 radical (unpaired) electrons. The number of hydrogen-bond acceptors (Lipinski definition) is 2. The van der Waals surface area contributed by atoms with Gasteiger partial charge in [-0.15, -0.1) is 0 Å². The molecule has 0 saturated heterocycles. The Morgan fingerprint density at radius 1 is 1.50 bits per heavy atom. The maximum atomic E-state index is 11.0. The molecule has 0 aliphatic heterocycles. The summed E-state index contributed by atoms with van der Waals surface area (Å²) < 4.78 is 6.10. The minimum atomic E-state index is -0.243. The van der Waals surface area contributed by atoms with E-state index in [0.29, 0.717) is 0 Å². The zero-order chi connectivity index (χ0) is 10.2. The van der Waals surface area contributed by atoms with Gasteiger partial charge in [-0.3, -0.25) is 0 Å². The van der Waals surface area contributed by atoms with Crippen molar-refractivity contribution < 1.29 is 9.53 Å². The molecule has 1 fully saturated rings. The summed E-state index contributed by atoms with van der Waals surface area (Å²) >= 11 is 3.47. The van der Waals surface area contributed by atoms with E-state index in [1.807, 2.05) is 18.2 Å². The van der Waals surface area contributed by atoms with Gasteiger partial charge in [0, 0.05) is 0 Å². The van der Waals surface area contributed by atoms with Crippen molar-refractivity contribution in [1.29, 1.82) is 0 Å². The lowest BCUT2D eigenvalue weighted by Crippen LogP contribution is -2.08. The molecule has 0 heterocycles. The second-order valence-electron chi connectivity index (χ2n) is 3.60. The van der Waals surface area contributed by atoms with Crippen molar-refractivity contribution in [2.75, 3.05) is 7.11 Å². The largest absolute Gasteiger partial charge is 0.496 e.